The normalized spacial score (nSPS) is 20.6. The number of alkyl halides is 24. The van der Waals surface area contributed by atoms with E-state index >= 15 is 0 Å². The molecule has 0 aromatic rings. The van der Waals surface area contributed by atoms with Gasteiger partial charge in [-0.3, -0.25) is 13.6 Å². The number of hydrogen-bond donors (Lipinski definition) is 0. The van der Waals surface area contributed by atoms with Crippen molar-refractivity contribution in [2.45, 2.75) is 91.5 Å². The highest BCUT2D eigenvalue weighted by Gasteiger charge is 3.02. The molecule has 0 aromatic heterocycles. The molecule has 1 aliphatic rings. The molecule has 0 N–H and O–H groups in total. The summed E-state index contributed by atoms with van der Waals surface area (Å²) in [7, 11) is -12.5. The first-order valence-corrected chi connectivity index (χ1v) is 14.6. The third kappa shape index (κ3) is 5.91. The number of hydrogen-bond acceptors (Lipinski definition) is 4. The van der Waals surface area contributed by atoms with Crippen molar-refractivity contribution in [3.63, 3.8) is 0 Å². The minimum Gasteiger partial charge on any atom is -0.394 e. The van der Waals surface area contributed by atoms with E-state index in [0.717, 1.165) is 0 Å². The van der Waals surface area contributed by atoms with E-state index in [0.29, 0.717) is 0 Å². The third-order valence-electron chi connectivity index (χ3n) is 5.28. The van der Waals surface area contributed by atoms with Crippen LogP contribution in [0, 0.1) is 0 Å². The Morgan fingerprint density at radius 3 is 0.800 bits per heavy atom. The summed E-state index contributed by atoms with van der Waals surface area (Å²) in [5, 5.41) is 0. The summed E-state index contributed by atoms with van der Waals surface area (Å²) in [6.45, 7) is -0.0378. The van der Waals surface area contributed by atoms with Gasteiger partial charge in [0.25, 0.3) is 5.60 Å². The van der Waals surface area contributed by atoms with Gasteiger partial charge >= 0.3 is 74.8 Å². The summed E-state index contributed by atoms with van der Waals surface area (Å²) in [6.07, 6.45) is -67.1. The SMILES string of the molecule is C[Si](C)(C)OC(C(F)(F)F)(C(F)(F)F)C(OP1OC(C(F)(F)F)(C(F)(F)F)C(C(F)(F)F)(C(F)(F)F)O1)(C(F)(F)F)C(F)(F)F. The zero-order valence-electron chi connectivity index (χ0n) is 20.7. The fourth-order valence-corrected chi connectivity index (χ4v) is 6.86. The van der Waals surface area contributed by atoms with Crippen molar-refractivity contribution in [1.82, 2.24) is 0 Å². The van der Waals surface area contributed by atoms with Gasteiger partial charge in [0.2, 0.25) is 0 Å². The Morgan fingerprint density at radius 1 is 0.422 bits per heavy atom. The first-order chi connectivity index (χ1) is 19.0. The van der Waals surface area contributed by atoms with Crippen LogP contribution in [0.1, 0.15) is 0 Å². The molecule has 1 saturated heterocycles. The van der Waals surface area contributed by atoms with E-state index in [-0.39, 0.29) is 19.6 Å². The maximum Gasteiger partial charge on any atom is 0.430 e. The molecule has 4 nitrogen and oxygen atoms in total. The van der Waals surface area contributed by atoms with Crippen molar-refractivity contribution in [2.75, 3.05) is 0 Å². The van der Waals surface area contributed by atoms with E-state index in [1.807, 2.05) is 0 Å². The Balaban J connectivity index is 4.65. The van der Waals surface area contributed by atoms with Gasteiger partial charge in [0, 0.05) is 0 Å². The van der Waals surface area contributed by atoms with Crippen molar-refractivity contribution in [3.8, 4) is 0 Å². The van der Waals surface area contributed by atoms with Crippen molar-refractivity contribution in [1.29, 1.82) is 0 Å². The highest BCUT2D eigenvalue weighted by molar-refractivity contribution is 7.42. The Labute approximate surface area is 233 Å². The summed E-state index contributed by atoms with van der Waals surface area (Å²) < 4.78 is 342. The highest BCUT2D eigenvalue weighted by atomic mass is 31.2. The third-order valence-corrected chi connectivity index (χ3v) is 7.47. The van der Waals surface area contributed by atoms with E-state index in [4.69, 9.17) is 0 Å². The summed E-state index contributed by atoms with van der Waals surface area (Å²) in [4.78, 5) is 0. The molecule has 0 bridgehead atoms. The van der Waals surface area contributed by atoms with Gasteiger partial charge in [-0.15, -0.1) is 0 Å². The van der Waals surface area contributed by atoms with Crippen LogP contribution < -0.4 is 0 Å². The standard InChI is InChI=1S/C15H9F24O4PSi/c1-45(2,3)43-7(14(34,35)36,15(37,38)39)6(12(28,29)30,13(31,32)33)42-44-40-4(8(16,17)18,9(19,20)21)5(41-44,10(22,23)24)11(25,26)27/h1-3H3. The van der Waals surface area contributed by atoms with Crippen LogP contribution in [0.2, 0.25) is 19.6 Å². The van der Waals surface area contributed by atoms with Gasteiger partial charge in [0.15, 0.2) is 8.32 Å². The Morgan fingerprint density at radius 2 is 0.644 bits per heavy atom. The molecular weight excluding hydrogens is 759 g/mol. The minimum atomic E-state index is -8.56. The van der Waals surface area contributed by atoms with Crippen molar-refractivity contribution in [3.05, 3.63) is 0 Å². The molecule has 1 rings (SSSR count). The van der Waals surface area contributed by atoms with Gasteiger partial charge in [-0.25, -0.2) is 0 Å². The largest absolute Gasteiger partial charge is 0.430 e. The van der Waals surface area contributed by atoms with Gasteiger partial charge in [-0.1, -0.05) is 0 Å². The quantitative estimate of drug-likeness (QED) is 0.159. The van der Waals surface area contributed by atoms with Crippen LogP contribution in [-0.4, -0.2) is 80.1 Å². The maximum absolute atomic E-state index is 14.1. The first kappa shape index (κ1) is 41.8. The van der Waals surface area contributed by atoms with Gasteiger partial charge in [0.05, 0.1) is 0 Å². The predicted molar refractivity (Wildman–Crippen MR) is 94.0 cm³/mol. The Bertz CT molecular complexity index is 970. The second kappa shape index (κ2) is 10.7. The highest BCUT2D eigenvalue weighted by Crippen LogP contribution is 2.77. The first-order valence-electron chi connectivity index (χ1n) is 10.1. The zero-order valence-corrected chi connectivity index (χ0v) is 22.5. The monoisotopic (exact) mass is 768 g/mol. The molecule has 0 spiro atoms. The molecule has 0 radical (unpaired) electrons. The van der Waals surface area contributed by atoms with Crippen LogP contribution in [0.25, 0.3) is 0 Å². The van der Waals surface area contributed by atoms with E-state index in [1.54, 1.807) is 0 Å². The average molecular weight is 768 g/mol. The van der Waals surface area contributed by atoms with Crippen molar-refractivity contribution < 1.29 is 123 Å². The lowest BCUT2D eigenvalue weighted by atomic mass is 9.79. The summed E-state index contributed by atoms with van der Waals surface area (Å²) in [6, 6.07) is 0. The molecule has 0 atom stereocenters. The minimum absolute atomic E-state index is 0.0126. The number of halogens is 24. The zero-order chi connectivity index (χ0) is 36.9. The van der Waals surface area contributed by atoms with Crippen LogP contribution >= 0.6 is 8.60 Å². The van der Waals surface area contributed by atoms with Crippen LogP contribution in [0.4, 0.5) is 105 Å². The molecule has 30 heteroatoms. The van der Waals surface area contributed by atoms with Gasteiger partial charge < -0.3 is 4.43 Å². The molecule has 1 fully saturated rings. The maximum atomic E-state index is 14.1. The lowest BCUT2D eigenvalue weighted by molar-refractivity contribution is -0.485. The van der Waals surface area contributed by atoms with E-state index in [9.17, 15) is 105 Å². The Hall–Kier alpha value is -1.19. The summed E-state index contributed by atoms with van der Waals surface area (Å²) in [5.41, 5.74) is -33.1. The topological polar surface area (TPSA) is 36.9 Å². The molecule has 1 aliphatic heterocycles. The predicted octanol–water partition coefficient (Wildman–Crippen LogP) is 9.58. The molecule has 0 aromatic carbocycles. The smallest absolute Gasteiger partial charge is 0.394 e. The van der Waals surface area contributed by atoms with Gasteiger partial charge in [-0.05, 0) is 19.6 Å². The summed E-state index contributed by atoms with van der Waals surface area (Å²) in [5.74, 6) is 0. The van der Waals surface area contributed by atoms with Crippen LogP contribution in [0.5, 0.6) is 0 Å². The lowest BCUT2D eigenvalue weighted by Gasteiger charge is -2.52. The van der Waals surface area contributed by atoms with Crippen LogP contribution in [0.15, 0.2) is 0 Å². The molecular formula is C15H9F24O4PSi. The molecule has 270 valence electrons. The molecule has 0 saturated carbocycles. The Kier molecular flexibility index (Phi) is 9.90. The fourth-order valence-electron chi connectivity index (χ4n) is 3.78. The lowest BCUT2D eigenvalue weighted by Crippen LogP contribution is -2.83. The van der Waals surface area contributed by atoms with Crippen molar-refractivity contribution >= 4 is 16.9 Å². The van der Waals surface area contributed by atoms with Gasteiger partial charge in [-0.2, -0.15) is 105 Å². The van der Waals surface area contributed by atoms with E-state index in [2.05, 4.69) is 18.0 Å². The number of rotatable bonds is 5. The molecule has 1 heterocycles. The molecule has 0 amide bonds. The van der Waals surface area contributed by atoms with Crippen LogP contribution in [-0.2, 0) is 18.0 Å². The molecule has 0 unspecified atom stereocenters. The fraction of sp³-hybridized carbons (Fsp3) is 1.00. The van der Waals surface area contributed by atoms with Gasteiger partial charge in [0.1, 0.15) is 0 Å². The molecule has 0 aliphatic carbocycles. The second-order valence-electron chi connectivity index (χ2n) is 9.42. The summed E-state index contributed by atoms with van der Waals surface area (Å²) >= 11 is 0. The van der Waals surface area contributed by atoms with Crippen molar-refractivity contribution in [2.24, 2.45) is 0 Å². The van der Waals surface area contributed by atoms with E-state index in [1.165, 1.54) is 0 Å². The van der Waals surface area contributed by atoms with E-state index < -0.39 is 88.7 Å². The van der Waals surface area contributed by atoms with Crippen LogP contribution in [0.3, 0.4) is 0 Å². The second-order valence-corrected chi connectivity index (χ2v) is 14.8. The average Bonchev–Trinajstić information content (AvgIpc) is 3.03. The molecule has 45 heavy (non-hydrogen) atoms.